The van der Waals surface area contributed by atoms with Gasteiger partial charge in [0.25, 0.3) is 0 Å². The third kappa shape index (κ3) is 3.60. The first-order valence-electron chi connectivity index (χ1n) is 8.62. The van der Waals surface area contributed by atoms with Gasteiger partial charge in [0.2, 0.25) is 0 Å². The molecule has 1 saturated heterocycles. The Kier molecular flexibility index (Phi) is 4.22. The molecule has 2 aliphatic rings. The van der Waals surface area contributed by atoms with Gasteiger partial charge in [-0.3, -0.25) is 4.90 Å². The van der Waals surface area contributed by atoms with Gasteiger partial charge in [0.1, 0.15) is 5.60 Å². The lowest BCUT2D eigenvalue weighted by Crippen LogP contribution is -2.53. The molecule has 0 spiro atoms. The Labute approximate surface area is 139 Å². The highest BCUT2D eigenvalue weighted by Gasteiger charge is 2.39. The van der Waals surface area contributed by atoms with E-state index in [0.717, 1.165) is 19.3 Å². The van der Waals surface area contributed by atoms with E-state index in [9.17, 15) is 4.79 Å². The fraction of sp³-hybridized carbons (Fsp3) is 0.550. The molecule has 0 aromatic heterocycles. The average Bonchev–Trinajstić information content (AvgIpc) is 2.44. The Balaban J connectivity index is 1.86. The molecule has 0 N–H and O–H groups in total. The van der Waals surface area contributed by atoms with Crippen molar-refractivity contribution in [3.63, 3.8) is 0 Å². The quantitative estimate of drug-likeness (QED) is 0.735. The lowest BCUT2D eigenvalue weighted by Gasteiger charge is -2.45. The van der Waals surface area contributed by atoms with Crippen molar-refractivity contribution >= 4 is 11.7 Å². The van der Waals surface area contributed by atoms with Crippen LogP contribution in [0.2, 0.25) is 0 Å². The van der Waals surface area contributed by atoms with Crippen LogP contribution < -0.4 is 0 Å². The molecule has 3 nitrogen and oxygen atoms in total. The predicted molar refractivity (Wildman–Crippen MR) is 93.3 cm³/mol. The van der Waals surface area contributed by atoms with Gasteiger partial charge in [-0.05, 0) is 64.5 Å². The van der Waals surface area contributed by atoms with E-state index in [1.54, 1.807) is 0 Å². The largest absolute Gasteiger partial charge is 0.444 e. The van der Waals surface area contributed by atoms with E-state index in [2.05, 4.69) is 37.3 Å². The van der Waals surface area contributed by atoms with Crippen LogP contribution in [-0.2, 0) is 4.74 Å². The molecule has 23 heavy (non-hydrogen) atoms. The number of fused-ring (bicyclic) bond motifs is 2. The average molecular weight is 313 g/mol. The van der Waals surface area contributed by atoms with Crippen LogP contribution >= 0.6 is 0 Å². The maximum Gasteiger partial charge on any atom is 0.411 e. The summed E-state index contributed by atoms with van der Waals surface area (Å²) < 4.78 is 5.63. The van der Waals surface area contributed by atoms with Gasteiger partial charge in [-0.15, -0.1) is 0 Å². The third-order valence-electron chi connectivity index (χ3n) is 4.63. The second-order valence-corrected chi connectivity index (χ2v) is 7.81. The fourth-order valence-corrected chi connectivity index (χ4v) is 3.69. The Bertz CT molecular complexity index is 627. The lowest BCUT2D eigenvalue weighted by atomic mass is 9.83. The maximum atomic E-state index is 12.6. The van der Waals surface area contributed by atoms with E-state index in [-0.39, 0.29) is 18.2 Å². The van der Waals surface area contributed by atoms with Gasteiger partial charge in [0.05, 0.1) is 6.04 Å². The second-order valence-electron chi connectivity index (χ2n) is 7.81. The van der Waals surface area contributed by atoms with E-state index in [0.29, 0.717) is 0 Å². The first-order valence-corrected chi connectivity index (χ1v) is 8.62. The molecular weight excluding hydrogens is 286 g/mol. The van der Waals surface area contributed by atoms with Gasteiger partial charge in [0.15, 0.2) is 0 Å². The topological polar surface area (TPSA) is 29.5 Å². The van der Waals surface area contributed by atoms with E-state index < -0.39 is 5.60 Å². The number of ether oxygens (including phenoxy) is 1. The molecule has 2 bridgehead atoms. The third-order valence-corrected chi connectivity index (χ3v) is 4.63. The second kappa shape index (κ2) is 6.03. The minimum atomic E-state index is -0.439. The molecule has 2 unspecified atom stereocenters. The fourth-order valence-electron chi connectivity index (χ4n) is 3.69. The normalized spacial score (nSPS) is 24.2. The summed E-state index contributed by atoms with van der Waals surface area (Å²) in [6.45, 7) is 7.91. The number of hydrogen-bond acceptors (Lipinski definition) is 2. The maximum absolute atomic E-state index is 12.6. The molecule has 0 radical (unpaired) electrons. The number of benzene rings is 1. The first kappa shape index (κ1) is 16.1. The minimum absolute atomic E-state index is 0.160. The van der Waals surface area contributed by atoms with Crippen molar-refractivity contribution in [2.24, 2.45) is 0 Å². The van der Waals surface area contributed by atoms with E-state index in [1.165, 1.54) is 23.1 Å². The van der Waals surface area contributed by atoms with Crippen molar-refractivity contribution in [1.82, 2.24) is 4.90 Å². The molecule has 2 aliphatic heterocycles. The Morgan fingerprint density at radius 1 is 1.26 bits per heavy atom. The van der Waals surface area contributed by atoms with Crippen LogP contribution in [0.5, 0.6) is 0 Å². The first-order chi connectivity index (χ1) is 10.8. The predicted octanol–water partition coefficient (Wildman–Crippen LogP) is 4.94. The Hall–Kier alpha value is -1.77. The van der Waals surface area contributed by atoms with Crippen molar-refractivity contribution in [2.75, 3.05) is 0 Å². The van der Waals surface area contributed by atoms with Crippen molar-refractivity contribution in [3.05, 3.63) is 41.5 Å². The summed E-state index contributed by atoms with van der Waals surface area (Å²) in [5.74, 6) is 0. The summed E-state index contributed by atoms with van der Waals surface area (Å²) in [5, 5.41) is 0. The zero-order valence-corrected chi connectivity index (χ0v) is 14.6. The van der Waals surface area contributed by atoms with Crippen LogP contribution in [0.1, 0.15) is 57.6 Å². The zero-order chi connectivity index (χ0) is 16.6. The number of amides is 1. The molecular formula is C20H27NO2. The molecule has 1 aromatic rings. The van der Waals surface area contributed by atoms with E-state index >= 15 is 0 Å². The van der Waals surface area contributed by atoms with Gasteiger partial charge in [-0.1, -0.05) is 35.9 Å². The summed E-state index contributed by atoms with van der Waals surface area (Å²) in [4.78, 5) is 14.6. The molecule has 3 heteroatoms. The summed E-state index contributed by atoms with van der Waals surface area (Å²) >= 11 is 0. The van der Waals surface area contributed by atoms with Crippen molar-refractivity contribution in [3.8, 4) is 0 Å². The number of rotatable bonds is 1. The van der Waals surface area contributed by atoms with Gasteiger partial charge < -0.3 is 4.74 Å². The van der Waals surface area contributed by atoms with Crippen molar-refractivity contribution in [2.45, 2.75) is 71.1 Å². The molecule has 0 aliphatic carbocycles. The molecule has 2 heterocycles. The molecule has 1 aromatic carbocycles. The van der Waals surface area contributed by atoms with Crippen LogP contribution in [0, 0.1) is 6.92 Å². The highest BCUT2D eigenvalue weighted by Crippen LogP contribution is 2.38. The molecule has 124 valence electrons. The van der Waals surface area contributed by atoms with Crippen LogP contribution in [0.25, 0.3) is 5.57 Å². The van der Waals surface area contributed by atoms with Crippen molar-refractivity contribution < 1.29 is 9.53 Å². The molecule has 2 atom stereocenters. The Morgan fingerprint density at radius 2 is 2.04 bits per heavy atom. The van der Waals surface area contributed by atoms with E-state index in [4.69, 9.17) is 4.74 Å². The van der Waals surface area contributed by atoms with Crippen LogP contribution in [0.15, 0.2) is 30.3 Å². The Morgan fingerprint density at radius 3 is 2.70 bits per heavy atom. The summed E-state index contributed by atoms with van der Waals surface area (Å²) in [7, 11) is 0. The molecule has 1 amide bonds. The molecule has 1 fully saturated rings. The zero-order valence-electron chi connectivity index (χ0n) is 14.6. The number of aryl methyl sites for hydroxylation is 1. The number of carbonyl (C=O) groups is 1. The highest BCUT2D eigenvalue weighted by atomic mass is 16.6. The summed E-state index contributed by atoms with van der Waals surface area (Å²) in [6.07, 6.45) is 6.34. The van der Waals surface area contributed by atoms with Gasteiger partial charge in [0, 0.05) is 6.04 Å². The van der Waals surface area contributed by atoms with Crippen LogP contribution in [0.4, 0.5) is 4.79 Å². The van der Waals surface area contributed by atoms with Crippen LogP contribution in [-0.4, -0.2) is 28.7 Å². The number of carbonyl (C=O) groups excluding carboxylic acids is 1. The van der Waals surface area contributed by atoms with Gasteiger partial charge >= 0.3 is 6.09 Å². The molecule has 3 rings (SSSR count). The number of piperidine rings is 1. The van der Waals surface area contributed by atoms with Crippen molar-refractivity contribution in [1.29, 1.82) is 0 Å². The van der Waals surface area contributed by atoms with Gasteiger partial charge in [-0.25, -0.2) is 4.79 Å². The van der Waals surface area contributed by atoms with Crippen LogP contribution in [0.3, 0.4) is 0 Å². The number of nitrogens with zero attached hydrogens (tertiary/aromatic N) is 1. The SMILES string of the molecule is Cc1cccc(C2=CC3CCCC(C2)N3C(=O)OC(C)(C)C)c1. The highest BCUT2D eigenvalue weighted by molar-refractivity contribution is 5.75. The summed E-state index contributed by atoms with van der Waals surface area (Å²) in [6, 6.07) is 9.10. The van der Waals surface area contributed by atoms with E-state index in [1.807, 2.05) is 25.7 Å². The molecule has 0 saturated carbocycles. The minimum Gasteiger partial charge on any atom is -0.444 e. The number of hydrogen-bond donors (Lipinski definition) is 0. The summed E-state index contributed by atoms with van der Waals surface area (Å²) in [5.41, 5.74) is 3.52. The monoisotopic (exact) mass is 313 g/mol. The lowest BCUT2D eigenvalue weighted by molar-refractivity contribution is 0.0000854. The standard InChI is InChI=1S/C20H27NO2/c1-14-7-5-8-15(11-14)16-12-17-9-6-10-18(13-16)21(17)19(22)23-20(2,3)4/h5,7-8,11-12,17-18H,6,9-10,13H2,1-4H3. The smallest absolute Gasteiger partial charge is 0.411 e. The van der Waals surface area contributed by atoms with Gasteiger partial charge in [-0.2, -0.15) is 0 Å².